The van der Waals surface area contributed by atoms with E-state index in [4.69, 9.17) is 21.1 Å². The molecule has 0 unspecified atom stereocenters. The van der Waals surface area contributed by atoms with Crippen LogP contribution in [-0.4, -0.2) is 67.8 Å². The SMILES string of the molecule is CCOC(=O)CN1CCC(OCC2CCN(c3ccc([N+](=O)[O-])cc3Cl)CC2)CC1. The molecule has 2 aliphatic heterocycles. The zero-order chi connectivity index (χ0) is 21.5. The normalized spacial score (nSPS) is 19.1. The van der Waals surface area contributed by atoms with Crippen molar-refractivity contribution in [2.45, 2.75) is 38.7 Å². The number of piperidine rings is 2. The minimum Gasteiger partial charge on any atom is -0.465 e. The van der Waals surface area contributed by atoms with Crippen molar-refractivity contribution in [3.8, 4) is 0 Å². The summed E-state index contributed by atoms with van der Waals surface area (Å²) in [5, 5.41) is 11.3. The quantitative estimate of drug-likeness (QED) is 0.348. The highest BCUT2D eigenvalue weighted by Gasteiger charge is 2.25. The lowest BCUT2D eigenvalue weighted by molar-refractivity contribution is -0.384. The van der Waals surface area contributed by atoms with Crippen molar-refractivity contribution in [1.29, 1.82) is 0 Å². The van der Waals surface area contributed by atoms with Crippen molar-refractivity contribution in [3.05, 3.63) is 33.3 Å². The Bertz CT molecular complexity index is 731. The van der Waals surface area contributed by atoms with Gasteiger partial charge in [0, 0.05) is 44.9 Å². The van der Waals surface area contributed by atoms with Crippen molar-refractivity contribution in [2.75, 3.05) is 50.8 Å². The van der Waals surface area contributed by atoms with Crippen LogP contribution in [-0.2, 0) is 14.3 Å². The number of rotatable bonds is 8. The molecule has 0 saturated carbocycles. The van der Waals surface area contributed by atoms with Gasteiger partial charge < -0.3 is 14.4 Å². The van der Waals surface area contributed by atoms with Crippen LogP contribution in [0.2, 0.25) is 5.02 Å². The van der Waals surface area contributed by atoms with Crippen LogP contribution in [0, 0.1) is 16.0 Å². The molecule has 30 heavy (non-hydrogen) atoms. The second-order valence-electron chi connectivity index (χ2n) is 7.94. The number of nitro groups is 1. The van der Waals surface area contributed by atoms with Gasteiger partial charge in [0.2, 0.25) is 0 Å². The predicted octanol–water partition coefficient (Wildman–Crippen LogP) is 3.51. The number of carbonyl (C=O) groups is 1. The summed E-state index contributed by atoms with van der Waals surface area (Å²) >= 11 is 6.26. The second-order valence-corrected chi connectivity index (χ2v) is 8.34. The lowest BCUT2D eigenvalue weighted by Crippen LogP contribution is -2.41. The van der Waals surface area contributed by atoms with Crippen molar-refractivity contribution < 1.29 is 19.2 Å². The zero-order valence-electron chi connectivity index (χ0n) is 17.4. The number of ether oxygens (including phenoxy) is 2. The number of hydrogen-bond acceptors (Lipinski definition) is 7. The monoisotopic (exact) mass is 439 g/mol. The van der Waals surface area contributed by atoms with Gasteiger partial charge in [-0.25, -0.2) is 0 Å². The number of esters is 1. The molecule has 0 aromatic heterocycles. The third-order valence-corrected chi connectivity index (χ3v) is 6.16. The molecule has 0 bridgehead atoms. The predicted molar refractivity (Wildman–Crippen MR) is 115 cm³/mol. The summed E-state index contributed by atoms with van der Waals surface area (Å²) < 4.78 is 11.2. The first-order valence-electron chi connectivity index (χ1n) is 10.6. The average Bonchev–Trinajstić information content (AvgIpc) is 2.74. The molecule has 0 atom stereocenters. The van der Waals surface area contributed by atoms with E-state index in [9.17, 15) is 14.9 Å². The lowest BCUT2D eigenvalue weighted by Gasteiger charge is -2.35. The molecule has 2 saturated heterocycles. The highest BCUT2D eigenvalue weighted by molar-refractivity contribution is 6.33. The Kier molecular flexibility index (Phi) is 8.30. The van der Waals surface area contributed by atoms with Crippen molar-refractivity contribution in [1.82, 2.24) is 4.90 Å². The molecule has 2 fully saturated rings. The molecule has 2 aliphatic rings. The number of non-ortho nitro benzene ring substituents is 1. The van der Waals surface area contributed by atoms with Crippen LogP contribution >= 0.6 is 11.6 Å². The Hall–Kier alpha value is -1.90. The van der Waals surface area contributed by atoms with E-state index in [0.29, 0.717) is 24.1 Å². The minimum absolute atomic E-state index is 0.0142. The van der Waals surface area contributed by atoms with E-state index in [0.717, 1.165) is 64.2 Å². The molecule has 8 nitrogen and oxygen atoms in total. The van der Waals surface area contributed by atoms with Gasteiger partial charge in [-0.3, -0.25) is 19.8 Å². The van der Waals surface area contributed by atoms with Crippen LogP contribution in [0.3, 0.4) is 0 Å². The summed E-state index contributed by atoms with van der Waals surface area (Å²) in [7, 11) is 0. The van der Waals surface area contributed by atoms with Crippen LogP contribution in [0.1, 0.15) is 32.6 Å². The second kappa shape index (κ2) is 10.9. The number of nitrogens with zero attached hydrogens (tertiary/aromatic N) is 3. The van der Waals surface area contributed by atoms with Gasteiger partial charge in [-0.2, -0.15) is 0 Å². The highest BCUT2D eigenvalue weighted by Crippen LogP contribution is 2.32. The smallest absolute Gasteiger partial charge is 0.320 e. The summed E-state index contributed by atoms with van der Waals surface area (Å²) in [6.45, 7) is 6.82. The molecule has 0 spiro atoms. The molecule has 0 N–H and O–H groups in total. The van der Waals surface area contributed by atoms with E-state index in [2.05, 4.69) is 9.80 Å². The summed E-state index contributed by atoms with van der Waals surface area (Å²) in [4.78, 5) is 26.3. The number of carbonyl (C=O) groups excluding carboxylic acids is 1. The van der Waals surface area contributed by atoms with E-state index < -0.39 is 4.92 Å². The van der Waals surface area contributed by atoms with Crippen LogP contribution in [0.5, 0.6) is 0 Å². The maximum atomic E-state index is 11.6. The van der Waals surface area contributed by atoms with Crippen LogP contribution in [0.15, 0.2) is 18.2 Å². The fourth-order valence-electron chi connectivity index (χ4n) is 4.10. The van der Waals surface area contributed by atoms with Gasteiger partial charge in [-0.05, 0) is 44.6 Å². The molecule has 9 heteroatoms. The molecule has 0 radical (unpaired) electrons. The number of nitro benzene ring substituents is 1. The third kappa shape index (κ3) is 6.30. The fourth-order valence-corrected chi connectivity index (χ4v) is 4.40. The standard InChI is InChI=1S/C21H30ClN3O5/c1-2-29-21(26)14-23-9-7-18(8-10-23)30-15-16-5-11-24(12-6-16)20-4-3-17(25(27)28)13-19(20)22/h3-4,13,16,18H,2,5-12,14-15H2,1H3. The maximum absolute atomic E-state index is 11.6. The van der Waals surface area contributed by atoms with E-state index >= 15 is 0 Å². The molecule has 166 valence electrons. The van der Waals surface area contributed by atoms with Gasteiger partial charge in [0.05, 0.1) is 34.9 Å². The van der Waals surface area contributed by atoms with Crippen molar-refractivity contribution in [3.63, 3.8) is 0 Å². The van der Waals surface area contributed by atoms with E-state index in [1.807, 2.05) is 6.92 Å². The first-order chi connectivity index (χ1) is 14.5. The highest BCUT2D eigenvalue weighted by atomic mass is 35.5. The Morgan fingerprint density at radius 2 is 1.90 bits per heavy atom. The topological polar surface area (TPSA) is 85.1 Å². The Morgan fingerprint density at radius 1 is 1.20 bits per heavy atom. The largest absolute Gasteiger partial charge is 0.465 e. The molecule has 2 heterocycles. The van der Waals surface area contributed by atoms with Crippen LogP contribution < -0.4 is 4.90 Å². The number of benzene rings is 1. The first kappa shape index (κ1) is 22.8. The van der Waals surface area contributed by atoms with E-state index in [1.165, 1.54) is 12.1 Å². The first-order valence-corrected chi connectivity index (χ1v) is 11.0. The zero-order valence-corrected chi connectivity index (χ0v) is 18.2. The summed E-state index contributed by atoms with van der Waals surface area (Å²) in [6, 6.07) is 4.66. The molecule has 1 aromatic carbocycles. The van der Waals surface area contributed by atoms with Gasteiger partial charge in [0.25, 0.3) is 5.69 Å². The summed E-state index contributed by atoms with van der Waals surface area (Å²) in [6.07, 6.45) is 4.16. The van der Waals surface area contributed by atoms with E-state index in [1.54, 1.807) is 6.07 Å². The van der Waals surface area contributed by atoms with Gasteiger partial charge in [0.15, 0.2) is 0 Å². The van der Waals surface area contributed by atoms with Gasteiger partial charge >= 0.3 is 5.97 Å². The Labute approximate surface area is 182 Å². The summed E-state index contributed by atoms with van der Waals surface area (Å²) in [5.74, 6) is 0.354. The number of halogens is 1. The summed E-state index contributed by atoms with van der Waals surface area (Å²) in [5.41, 5.74) is 0.871. The van der Waals surface area contributed by atoms with Gasteiger partial charge in [0.1, 0.15) is 0 Å². The molecule has 0 aliphatic carbocycles. The fraction of sp³-hybridized carbons (Fsp3) is 0.667. The Morgan fingerprint density at radius 3 is 2.50 bits per heavy atom. The molecular formula is C21H30ClN3O5. The molecule has 0 amide bonds. The van der Waals surface area contributed by atoms with Crippen LogP contribution in [0.4, 0.5) is 11.4 Å². The molecule has 3 rings (SSSR count). The van der Waals surface area contributed by atoms with Crippen molar-refractivity contribution >= 4 is 28.9 Å². The van der Waals surface area contributed by atoms with Gasteiger partial charge in [-0.1, -0.05) is 11.6 Å². The average molecular weight is 440 g/mol. The number of likely N-dealkylation sites (tertiary alicyclic amines) is 1. The number of anilines is 1. The molecular weight excluding hydrogens is 410 g/mol. The lowest BCUT2D eigenvalue weighted by atomic mass is 9.97. The van der Waals surface area contributed by atoms with E-state index in [-0.39, 0.29) is 17.8 Å². The van der Waals surface area contributed by atoms with Gasteiger partial charge in [-0.15, -0.1) is 0 Å². The molecule has 1 aromatic rings. The van der Waals surface area contributed by atoms with Crippen LogP contribution in [0.25, 0.3) is 0 Å². The minimum atomic E-state index is -0.430. The van der Waals surface area contributed by atoms with Crippen molar-refractivity contribution in [2.24, 2.45) is 5.92 Å². The maximum Gasteiger partial charge on any atom is 0.320 e. The number of hydrogen-bond donors (Lipinski definition) is 0. The Balaban J connectivity index is 1.37. The third-order valence-electron chi connectivity index (χ3n) is 5.86.